The monoisotopic (exact) mass is 325 g/mol. The fraction of sp³-hybridized carbons (Fsp3) is 0.353. The third kappa shape index (κ3) is 3.30. The molecule has 1 saturated heterocycles. The first-order valence-corrected chi connectivity index (χ1v) is 7.81. The molecule has 2 aromatic rings. The average Bonchev–Trinajstić information content (AvgIpc) is 2.58. The van der Waals surface area contributed by atoms with Crippen molar-refractivity contribution in [3.05, 3.63) is 46.2 Å². The molecule has 1 aliphatic heterocycles. The van der Waals surface area contributed by atoms with Gasteiger partial charge < -0.3 is 15.0 Å². The third-order valence-corrected chi connectivity index (χ3v) is 4.22. The first-order chi connectivity index (χ1) is 11.6. The Morgan fingerprint density at radius 3 is 2.75 bits per heavy atom. The summed E-state index contributed by atoms with van der Waals surface area (Å²) in [5.74, 6) is 0.0355. The van der Waals surface area contributed by atoms with Crippen LogP contribution in [-0.2, 0) is 0 Å². The molecular formula is C17H19N5O2. The molecule has 0 atom stereocenters. The van der Waals surface area contributed by atoms with Gasteiger partial charge in [-0.3, -0.25) is 9.69 Å². The van der Waals surface area contributed by atoms with Gasteiger partial charge in [0, 0.05) is 26.2 Å². The van der Waals surface area contributed by atoms with Crippen LogP contribution in [0.1, 0.15) is 5.82 Å². The van der Waals surface area contributed by atoms with E-state index >= 15 is 0 Å². The molecule has 0 aliphatic carbocycles. The largest absolute Gasteiger partial charge is 0.509 e. The number of para-hydroxylation sites is 1. The number of allylic oxidation sites excluding steroid dienone is 1. The van der Waals surface area contributed by atoms with Crippen molar-refractivity contribution in [3.63, 3.8) is 0 Å². The molecule has 1 aliphatic rings. The number of nitrogens with one attached hydrogen (secondary N) is 1. The summed E-state index contributed by atoms with van der Waals surface area (Å²) in [7, 11) is 2.05. The standard InChI is InChI=1S/C17H19N5O2/c1-21-6-8-22(9-7-21)11-15(23)13(10-18)16-19-14-5-3-2-4-12(14)17(24)20-16/h2-5,23H,6-9,11H2,1H3,(H,19,20,24)/b15-13-. The Hall–Kier alpha value is -2.69. The van der Waals surface area contributed by atoms with Crippen molar-refractivity contribution in [3.8, 4) is 6.07 Å². The van der Waals surface area contributed by atoms with Crippen molar-refractivity contribution in [1.29, 1.82) is 5.26 Å². The number of aromatic nitrogens is 2. The van der Waals surface area contributed by atoms with Gasteiger partial charge >= 0.3 is 0 Å². The highest BCUT2D eigenvalue weighted by Gasteiger charge is 2.18. The summed E-state index contributed by atoms with van der Waals surface area (Å²) in [6.07, 6.45) is 0. The molecule has 0 spiro atoms. The van der Waals surface area contributed by atoms with E-state index in [-0.39, 0.29) is 29.3 Å². The number of fused-ring (bicyclic) bond motifs is 1. The lowest BCUT2D eigenvalue weighted by Gasteiger charge is -2.32. The van der Waals surface area contributed by atoms with E-state index in [1.807, 2.05) is 6.07 Å². The van der Waals surface area contributed by atoms with Gasteiger partial charge in [-0.15, -0.1) is 0 Å². The predicted octanol–water partition coefficient (Wildman–Crippen LogP) is 0.963. The number of likely N-dealkylation sites (N-methyl/N-ethyl adjacent to an activating group) is 1. The van der Waals surface area contributed by atoms with Crippen LogP contribution in [0.3, 0.4) is 0 Å². The number of nitrogens with zero attached hydrogens (tertiary/aromatic N) is 4. The number of aliphatic hydroxyl groups is 1. The van der Waals surface area contributed by atoms with E-state index in [2.05, 4.69) is 26.8 Å². The second-order valence-corrected chi connectivity index (χ2v) is 5.94. The molecule has 124 valence electrons. The van der Waals surface area contributed by atoms with E-state index in [0.29, 0.717) is 10.9 Å². The molecule has 7 nitrogen and oxygen atoms in total. The fourth-order valence-electron chi connectivity index (χ4n) is 2.76. The van der Waals surface area contributed by atoms with Crippen molar-refractivity contribution in [1.82, 2.24) is 19.8 Å². The van der Waals surface area contributed by atoms with Crippen LogP contribution in [0.15, 0.2) is 34.8 Å². The maximum atomic E-state index is 12.1. The van der Waals surface area contributed by atoms with E-state index in [1.165, 1.54) is 0 Å². The summed E-state index contributed by atoms with van der Waals surface area (Å²) in [4.78, 5) is 23.3. The van der Waals surface area contributed by atoms with E-state index in [1.54, 1.807) is 24.3 Å². The lowest BCUT2D eigenvalue weighted by Crippen LogP contribution is -2.45. The molecular weight excluding hydrogens is 306 g/mol. The molecule has 24 heavy (non-hydrogen) atoms. The van der Waals surface area contributed by atoms with Gasteiger partial charge in [0.05, 0.1) is 17.4 Å². The lowest BCUT2D eigenvalue weighted by molar-refractivity contribution is 0.150. The highest BCUT2D eigenvalue weighted by atomic mass is 16.3. The van der Waals surface area contributed by atoms with Crippen LogP contribution in [0, 0.1) is 11.3 Å². The van der Waals surface area contributed by atoms with Crippen molar-refractivity contribution in [2.75, 3.05) is 39.8 Å². The smallest absolute Gasteiger partial charge is 0.259 e. The number of piperazine rings is 1. The van der Waals surface area contributed by atoms with E-state index in [4.69, 9.17) is 0 Å². The number of aromatic amines is 1. The Morgan fingerprint density at radius 2 is 2.04 bits per heavy atom. The molecule has 3 rings (SSSR count). The van der Waals surface area contributed by atoms with Gasteiger partial charge in [0.1, 0.15) is 17.4 Å². The quantitative estimate of drug-likeness (QED) is 0.645. The predicted molar refractivity (Wildman–Crippen MR) is 91.5 cm³/mol. The van der Waals surface area contributed by atoms with Crippen LogP contribution in [0.4, 0.5) is 0 Å². The number of H-pyrrole nitrogens is 1. The maximum absolute atomic E-state index is 12.1. The normalized spacial score (nSPS) is 17.5. The van der Waals surface area contributed by atoms with Crippen LogP contribution in [0.25, 0.3) is 16.5 Å². The minimum atomic E-state index is -0.323. The van der Waals surface area contributed by atoms with Crippen LogP contribution >= 0.6 is 0 Å². The van der Waals surface area contributed by atoms with Gasteiger partial charge in [-0.2, -0.15) is 5.26 Å². The molecule has 0 unspecified atom stereocenters. The molecule has 1 aromatic carbocycles. The van der Waals surface area contributed by atoms with Crippen LogP contribution in [-0.4, -0.2) is 64.6 Å². The second kappa shape index (κ2) is 6.83. The van der Waals surface area contributed by atoms with Crippen LogP contribution in [0.2, 0.25) is 0 Å². The molecule has 7 heteroatoms. The Bertz CT molecular complexity index is 872. The summed E-state index contributed by atoms with van der Waals surface area (Å²) < 4.78 is 0. The topological polar surface area (TPSA) is 96.2 Å². The molecule has 0 bridgehead atoms. The van der Waals surface area contributed by atoms with E-state index < -0.39 is 0 Å². The van der Waals surface area contributed by atoms with Gasteiger partial charge in [0.2, 0.25) is 0 Å². The molecule has 0 amide bonds. The van der Waals surface area contributed by atoms with Gasteiger partial charge in [0.25, 0.3) is 5.56 Å². The highest BCUT2D eigenvalue weighted by molar-refractivity contribution is 5.81. The van der Waals surface area contributed by atoms with Crippen molar-refractivity contribution in [2.24, 2.45) is 0 Å². The molecule has 1 aromatic heterocycles. The Balaban J connectivity index is 1.93. The minimum absolute atomic E-state index is 0.0109. The molecule has 0 radical (unpaired) electrons. The summed E-state index contributed by atoms with van der Waals surface area (Å²) in [6, 6.07) is 8.88. The summed E-state index contributed by atoms with van der Waals surface area (Å²) in [5.41, 5.74) is 0.184. The fourth-order valence-corrected chi connectivity index (χ4v) is 2.76. The van der Waals surface area contributed by atoms with Crippen molar-refractivity contribution >= 4 is 16.5 Å². The summed E-state index contributed by atoms with van der Waals surface area (Å²) in [5, 5.41) is 20.3. The van der Waals surface area contributed by atoms with Crippen LogP contribution in [0.5, 0.6) is 0 Å². The number of hydrogen-bond donors (Lipinski definition) is 2. The third-order valence-electron chi connectivity index (χ3n) is 4.22. The number of nitriles is 1. The highest BCUT2D eigenvalue weighted by Crippen LogP contribution is 2.16. The number of benzene rings is 1. The Kier molecular flexibility index (Phi) is 4.60. The summed E-state index contributed by atoms with van der Waals surface area (Å²) in [6.45, 7) is 3.75. The van der Waals surface area contributed by atoms with Gasteiger partial charge in [-0.25, -0.2) is 4.98 Å². The molecule has 0 saturated carbocycles. The zero-order valence-corrected chi connectivity index (χ0v) is 13.5. The minimum Gasteiger partial charge on any atom is -0.509 e. The lowest BCUT2D eigenvalue weighted by atomic mass is 10.2. The van der Waals surface area contributed by atoms with Crippen molar-refractivity contribution < 1.29 is 5.11 Å². The SMILES string of the molecule is CN1CCN(C/C(O)=C(\C#N)c2nc3ccccc3c(=O)[nH]2)CC1. The molecule has 2 heterocycles. The zero-order valence-electron chi connectivity index (χ0n) is 13.5. The van der Waals surface area contributed by atoms with E-state index in [9.17, 15) is 15.2 Å². The Morgan fingerprint density at radius 1 is 1.33 bits per heavy atom. The van der Waals surface area contributed by atoms with Gasteiger partial charge in [0.15, 0.2) is 5.82 Å². The first kappa shape index (κ1) is 16.2. The molecule has 1 fully saturated rings. The Labute approximate surface area is 139 Å². The zero-order chi connectivity index (χ0) is 17.1. The van der Waals surface area contributed by atoms with Crippen LogP contribution < -0.4 is 5.56 Å². The second-order valence-electron chi connectivity index (χ2n) is 5.94. The van der Waals surface area contributed by atoms with Crippen molar-refractivity contribution in [2.45, 2.75) is 0 Å². The molecule has 2 N–H and O–H groups in total. The average molecular weight is 325 g/mol. The maximum Gasteiger partial charge on any atom is 0.259 e. The van der Waals surface area contributed by atoms with Gasteiger partial charge in [-0.05, 0) is 19.2 Å². The summed E-state index contributed by atoms with van der Waals surface area (Å²) >= 11 is 0. The number of hydrogen-bond acceptors (Lipinski definition) is 6. The number of rotatable bonds is 3. The first-order valence-electron chi connectivity index (χ1n) is 7.81. The van der Waals surface area contributed by atoms with Gasteiger partial charge in [-0.1, -0.05) is 12.1 Å². The van der Waals surface area contributed by atoms with E-state index in [0.717, 1.165) is 26.2 Å². The number of aliphatic hydroxyl groups excluding tert-OH is 1.